The molecule has 0 saturated heterocycles. The number of ether oxygens (including phenoxy) is 2. The Hall–Kier alpha value is -3.73. The molecule has 11 nitrogen and oxygen atoms in total. The fourth-order valence-electron chi connectivity index (χ4n) is 2.97. The van der Waals surface area contributed by atoms with Gasteiger partial charge < -0.3 is 9.47 Å². The number of imidazole rings is 1. The summed E-state index contributed by atoms with van der Waals surface area (Å²) < 4.78 is 14.2. The Bertz CT molecular complexity index is 1240. The van der Waals surface area contributed by atoms with Gasteiger partial charge in [-0.3, -0.25) is 5.32 Å². The zero-order valence-electron chi connectivity index (χ0n) is 17.5. The van der Waals surface area contributed by atoms with Crippen LogP contribution in [0.5, 0.6) is 6.01 Å². The van der Waals surface area contributed by atoms with Crippen molar-refractivity contribution in [1.82, 2.24) is 34.7 Å². The number of tetrazole rings is 1. The summed E-state index contributed by atoms with van der Waals surface area (Å²) in [5, 5.41) is 14.7. The largest absolute Gasteiger partial charge is 0.458 e. The molecular weight excluding hydrogens is 436 g/mol. The van der Waals surface area contributed by atoms with E-state index in [1.165, 1.54) is 4.68 Å². The first-order valence-corrected chi connectivity index (χ1v) is 10.4. The summed E-state index contributed by atoms with van der Waals surface area (Å²) in [6.07, 6.45) is 1.20. The number of fused-ring (bicyclic) bond motifs is 1. The number of anilines is 1. The molecule has 1 amide bonds. The standard InChI is InChI=1S/C20H21ClN8O3/c1-3-4-11-31-20(30)23-16-10-5-7-13(22-16)12-32-19-24-17-14(21)8-6-9-15(17)29(19)18-25-26-27-28(18)2/h5-10H,3-4,11-12H2,1-2H3,(H,22,23,30). The maximum Gasteiger partial charge on any atom is 0.412 e. The predicted molar refractivity (Wildman–Crippen MR) is 117 cm³/mol. The van der Waals surface area contributed by atoms with Gasteiger partial charge in [-0.15, -0.1) is 0 Å². The Labute approximate surface area is 188 Å². The van der Waals surface area contributed by atoms with E-state index in [2.05, 4.69) is 30.8 Å². The summed E-state index contributed by atoms with van der Waals surface area (Å²) in [7, 11) is 1.71. The minimum absolute atomic E-state index is 0.0899. The Morgan fingerprint density at radius 2 is 2.03 bits per heavy atom. The number of nitrogens with one attached hydrogen (secondary N) is 1. The topological polar surface area (TPSA) is 122 Å². The molecule has 0 fully saturated rings. The second-order valence-corrected chi connectivity index (χ2v) is 7.26. The first-order valence-electron chi connectivity index (χ1n) is 9.99. The molecule has 3 aromatic heterocycles. The zero-order valence-corrected chi connectivity index (χ0v) is 18.3. The van der Waals surface area contributed by atoms with Crippen molar-refractivity contribution >= 4 is 34.5 Å². The van der Waals surface area contributed by atoms with Gasteiger partial charge in [0.05, 0.1) is 22.8 Å². The number of hydrogen-bond acceptors (Lipinski definition) is 8. The van der Waals surface area contributed by atoms with Gasteiger partial charge in [-0.1, -0.05) is 42.2 Å². The number of benzene rings is 1. The van der Waals surface area contributed by atoms with Gasteiger partial charge in [-0.05, 0) is 41.1 Å². The molecule has 0 aliphatic heterocycles. The highest BCUT2D eigenvalue weighted by Gasteiger charge is 2.20. The lowest BCUT2D eigenvalue weighted by Gasteiger charge is -2.09. The average Bonchev–Trinajstić information content (AvgIpc) is 3.36. The number of unbranched alkanes of at least 4 members (excludes halogenated alkanes) is 1. The summed E-state index contributed by atoms with van der Waals surface area (Å²) in [6, 6.07) is 10.9. The number of amides is 1. The van der Waals surface area contributed by atoms with Crippen LogP contribution in [0.3, 0.4) is 0 Å². The Morgan fingerprint density at radius 3 is 2.81 bits per heavy atom. The molecule has 4 rings (SSSR count). The Balaban J connectivity index is 1.54. The zero-order chi connectivity index (χ0) is 22.5. The van der Waals surface area contributed by atoms with Gasteiger partial charge in [-0.2, -0.15) is 4.98 Å². The minimum atomic E-state index is -0.546. The molecule has 0 aliphatic carbocycles. The number of rotatable bonds is 8. The van der Waals surface area contributed by atoms with Crippen LogP contribution in [0.25, 0.3) is 17.0 Å². The third kappa shape index (κ3) is 4.62. The van der Waals surface area contributed by atoms with Gasteiger partial charge >= 0.3 is 12.1 Å². The van der Waals surface area contributed by atoms with Gasteiger partial charge in [0.1, 0.15) is 17.9 Å². The molecule has 166 valence electrons. The van der Waals surface area contributed by atoms with Crippen molar-refractivity contribution in [3.63, 3.8) is 0 Å². The number of halogens is 1. The fourth-order valence-corrected chi connectivity index (χ4v) is 3.18. The van der Waals surface area contributed by atoms with Crippen LogP contribution in [0.1, 0.15) is 25.5 Å². The van der Waals surface area contributed by atoms with E-state index < -0.39 is 6.09 Å². The third-order valence-corrected chi connectivity index (χ3v) is 4.82. The summed E-state index contributed by atoms with van der Waals surface area (Å²) >= 11 is 6.32. The third-order valence-electron chi connectivity index (χ3n) is 4.52. The highest BCUT2D eigenvalue weighted by atomic mass is 35.5. The Morgan fingerprint density at radius 1 is 1.19 bits per heavy atom. The normalized spacial score (nSPS) is 11.0. The molecule has 0 aliphatic rings. The summed E-state index contributed by atoms with van der Waals surface area (Å²) in [6.45, 7) is 2.48. The number of hydrogen-bond donors (Lipinski definition) is 1. The second-order valence-electron chi connectivity index (χ2n) is 6.86. The monoisotopic (exact) mass is 456 g/mol. The number of carbonyl (C=O) groups is 1. The fraction of sp³-hybridized carbons (Fsp3) is 0.300. The van der Waals surface area contributed by atoms with Crippen LogP contribution in [0.4, 0.5) is 10.6 Å². The van der Waals surface area contributed by atoms with Gasteiger partial charge in [0.25, 0.3) is 5.95 Å². The van der Waals surface area contributed by atoms with E-state index in [0.29, 0.717) is 40.1 Å². The molecule has 0 spiro atoms. The van der Waals surface area contributed by atoms with Crippen LogP contribution in [-0.2, 0) is 18.4 Å². The van der Waals surface area contributed by atoms with E-state index >= 15 is 0 Å². The lowest BCUT2D eigenvalue weighted by atomic mass is 10.3. The molecule has 1 N–H and O–H groups in total. The van der Waals surface area contributed by atoms with E-state index in [1.807, 2.05) is 19.1 Å². The van der Waals surface area contributed by atoms with Gasteiger partial charge in [0, 0.05) is 7.05 Å². The number of carbonyl (C=O) groups excluding carboxylic acids is 1. The quantitative estimate of drug-likeness (QED) is 0.399. The van der Waals surface area contributed by atoms with Gasteiger partial charge in [-0.25, -0.2) is 19.0 Å². The summed E-state index contributed by atoms with van der Waals surface area (Å²) in [5.41, 5.74) is 1.84. The van der Waals surface area contributed by atoms with Crippen molar-refractivity contribution in [2.24, 2.45) is 7.05 Å². The molecule has 0 saturated carbocycles. The number of aromatic nitrogens is 7. The van der Waals surface area contributed by atoms with Crippen LogP contribution in [0, 0.1) is 0 Å². The summed E-state index contributed by atoms with van der Waals surface area (Å²) in [5.74, 6) is 0.782. The number of aryl methyl sites for hydroxylation is 1. The lowest BCUT2D eigenvalue weighted by molar-refractivity contribution is 0.159. The van der Waals surface area contributed by atoms with Crippen molar-refractivity contribution in [3.05, 3.63) is 47.1 Å². The number of nitrogens with zero attached hydrogens (tertiary/aromatic N) is 7. The predicted octanol–water partition coefficient (Wildman–Crippen LogP) is 3.53. The molecule has 0 atom stereocenters. The molecule has 32 heavy (non-hydrogen) atoms. The minimum Gasteiger partial charge on any atom is -0.458 e. The van der Waals surface area contributed by atoms with Crippen molar-refractivity contribution in [2.75, 3.05) is 11.9 Å². The number of para-hydroxylation sites is 1. The van der Waals surface area contributed by atoms with Crippen LogP contribution in [0.15, 0.2) is 36.4 Å². The smallest absolute Gasteiger partial charge is 0.412 e. The molecular formula is C20H21ClN8O3. The molecule has 3 heterocycles. The highest BCUT2D eigenvalue weighted by molar-refractivity contribution is 6.35. The molecule has 1 aromatic carbocycles. The van der Waals surface area contributed by atoms with E-state index in [4.69, 9.17) is 21.1 Å². The molecule has 0 radical (unpaired) electrons. The van der Waals surface area contributed by atoms with Crippen molar-refractivity contribution < 1.29 is 14.3 Å². The van der Waals surface area contributed by atoms with Gasteiger partial charge in [0.2, 0.25) is 0 Å². The molecule has 0 bridgehead atoms. The molecule has 4 aromatic rings. The van der Waals surface area contributed by atoms with Crippen LogP contribution in [0.2, 0.25) is 5.02 Å². The Kier molecular flexibility index (Phi) is 6.45. The van der Waals surface area contributed by atoms with Gasteiger partial charge in [0.15, 0.2) is 0 Å². The van der Waals surface area contributed by atoms with Crippen LogP contribution < -0.4 is 10.1 Å². The summed E-state index contributed by atoms with van der Waals surface area (Å²) in [4.78, 5) is 20.8. The van der Waals surface area contributed by atoms with Crippen LogP contribution >= 0.6 is 11.6 Å². The SMILES string of the molecule is CCCCOC(=O)Nc1cccc(COc2nc3c(Cl)cccc3n2-c2nnnn2C)n1. The maximum absolute atomic E-state index is 11.9. The highest BCUT2D eigenvalue weighted by Crippen LogP contribution is 2.29. The van der Waals surface area contributed by atoms with E-state index in [9.17, 15) is 4.79 Å². The molecule has 12 heteroatoms. The molecule has 0 unspecified atom stereocenters. The second kappa shape index (κ2) is 9.60. The van der Waals surface area contributed by atoms with Crippen molar-refractivity contribution in [3.8, 4) is 12.0 Å². The number of pyridine rings is 1. The maximum atomic E-state index is 11.9. The van der Waals surface area contributed by atoms with Crippen molar-refractivity contribution in [2.45, 2.75) is 26.4 Å². The first kappa shape index (κ1) is 21.5. The average molecular weight is 457 g/mol. The van der Waals surface area contributed by atoms with Crippen molar-refractivity contribution in [1.29, 1.82) is 0 Å². The first-order chi connectivity index (χ1) is 15.6. The van der Waals surface area contributed by atoms with E-state index in [0.717, 1.165) is 12.8 Å². The van der Waals surface area contributed by atoms with Crippen LogP contribution in [-0.4, -0.2) is 47.4 Å². The van der Waals surface area contributed by atoms with E-state index in [-0.39, 0.29) is 12.6 Å². The lowest BCUT2D eigenvalue weighted by Crippen LogP contribution is -2.16. The van der Waals surface area contributed by atoms with E-state index in [1.54, 1.807) is 35.9 Å².